The summed E-state index contributed by atoms with van der Waals surface area (Å²) in [7, 11) is 0.0913. The van der Waals surface area contributed by atoms with E-state index < -0.39 is 0 Å². The zero-order valence-corrected chi connectivity index (χ0v) is 15.0. The molecule has 1 rings (SSSR count). The van der Waals surface area contributed by atoms with Crippen molar-refractivity contribution in [3.8, 4) is 0 Å². The fraction of sp³-hybridized carbons (Fsp3) is 0.647. The van der Waals surface area contributed by atoms with Gasteiger partial charge >= 0.3 is 0 Å². The fourth-order valence-corrected chi connectivity index (χ4v) is 4.62. The van der Waals surface area contributed by atoms with Crippen LogP contribution in [-0.2, 0) is 10.8 Å². The van der Waals surface area contributed by atoms with E-state index in [9.17, 15) is 0 Å². The number of rotatable bonds is 3. The average Bonchev–Trinajstić information content (AvgIpc) is 2.19. The van der Waals surface area contributed by atoms with Crippen LogP contribution in [0.15, 0.2) is 12.1 Å². The molecule has 1 heteroatoms. The summed E-state index contributed by atoms with van der Waals surface area (Å²) < 4.78 is 0. The van der Waals surface area contributed by atoms with E-state index in [1.54, 1.807) is 5.56 Å². The van der Waals surface area contributed by atoms with Crippen molar-refractivity contribution in [3.05, 3.63) is 34.4 Å². The predicted octanol–water partition coefficient (Wildman–Crippen LogP) is 4.51. The summed E-state index contributed by atoms with van der Waals surface area (Å²) in [5, 5.41) is 0. The molecular weight excluding hydrogens is 232 g/mol. The molecular formula is C17H30Si. The normalized spacial score (nSPS) is 13.6. The van der Waals surface area contributed by atoms with Crippen LogP contribution in [0.4, 0.5) is 0 Å². The van der Waals surface area contributed by atoms with Gasteiger partial charge in [0.2, 0.25) is 0 Å². The van der Waals surface area contributed by atoms with E-state index in [-0.39, 0.29) is 14.9 Å². The Bertz CT molecular complexity index is 422. The number of aryl methyl sites for hydroxylation is 1. The Morgan fingerprint density at radius 3 is 1.89 bits per heavy atom. The smallest absolute Gasteiger partial charge is 0.0176 e. The van der Waals surface area contributed by atoms with Gasteiger partial charge in [0.15, 0.2) is 0 Å². The van der Waals surface area contributed by atoms with Gasteiger partial charge in [-0.15, -0.1) is 0 Å². The lowest BCUT2D eigenvalue weighted by Crippen LogP contribution is -2.23. The SMILES string of the molecule is C[SiH2]CC(C)(C)c1cc(C)cc(C(C)(C)C)c1C. The fourth-order valence-electron chi connectivity index (χ4n) is 3.10. The molecule has 102 valence electrons. The summed E-state index contributed by atoms with van der Waals surface area (Å²) in [5.74, 6) is 0. The highest BCUT2D eigenvalue weighted by atomic mass is 28.2. The lowest BCUT2D eigenvalue weighted by molar-refractivity contribution is 0.559. The van der Waals surface area contributed by atoms with Gasteiger partial charge in [-0.05, 0) is 41.4 Å². The van der Waals surface area contributed by atoms with Crippen molar-refractivity contribution in [1.29, 1.82) is 0 Å². The van der Waals surface area contributed by atoms with Crippen molar-refractivity contribution in [2.75, 3.05) is 0 Å². The molecule has 0 radical (unpaired) electrons. The predicted molar refractivity (Wildman–Crippen MR) is 86.9 cm³/mol. The van der Waals surface area contributed by atoms with Gasteiger partial charge < -0.3 is 0 Å². The minimum absolute atomic E-state index is 0.0913. The van der Waals surface area contributed by atoms with E-state index in [1.165, 1.54) is 22.7 Å². The van der Waals surface area contributed by atoms with Crippen molar-refractivity contribution in [3.63, 3.8) is 0 Å². The van der Waals surface area contributed by atoms with Crippen molar-refractivity contribution in [2.45, 2.75) is 71.9 Å². The van der Waals surface area contributed by atoms with Crippen LogP contribution in [-0.4, -0.2) is 9.52 Å². The van der Waals surface area contributed by atoms with Crippen LogP contribution in [0.2, 0.25) is 12.6 Å². The van der Waals surface area contributed by atoms with Crippen LogP contribution >= 0.6 is 0 Å². The highest BCUT2D eigenvalue weighted by Crippen LogP contribution is 2.36. The molecule has 0 spiro atoms. The molecule has 0 aliphatic rings. The standard InChI is InChI=1S/C17H30Si/c1-12-9-14(16(3,4)5)13(2)15(10-12)17(6,7)11-18-8/h9-10H,11,18H2,1-8H3. The van der Waals surface area contributed by atoms with Crippen LogP contribution in [0.5, 0.6) is 0 Å². The number of benzene rings is 1. The van der Waals surface area contributed by atoms with E-state index in [4.69, 9.17) is 0 Å². The van der Waals surface area contributed by atoms with Gasteiger partial charge in [0.1, 0.15) is 0 Å². The van der Waals surface area contributed by atoms with Crippen LogP contribution in [0.1, 0.15) is 56.9 Å². The summed E-state index contributed by atoms with van der Waals surface area (Å²) >= 11 is 0. The van der Waals surface area contributed by atoms with E-state index in [2.05, 4.69) is 67.1 Å². The Kier molecular flexibility index (Phi) is 4.48. The number of hydrogen-bond acceptors (Lipinski definition) is 0. The van der Waals surface area contributed by atoms with Gasteiger partial charge in [-0.3, -0.25) is 0 Å². The maximum atomic E-state index is 2.41. The van der Waals surface area contributed by atoms with Gasteiger partial charge in [-0.25, -0.2) is 0 Å². The van der Waals surface area contributed by atoms with E-state index in [0.29, 0.717) is 5.41 Å². The Morgan fingerprint density at radius 2 is 1.44 bits per heavy atom. The minimum Gasteiger partial charge on any atom is -0.0748 e. The monoisotopic (exact) mass is 262 g/mol. The third-order valence-electron chi connectivity index (χ3n) is 3.96. The molecule has 0 fully saturated rings. The van der Waals surface area contributed by atoms with Gasteiger partial charge in [0.05, 0.1) is 0 Å². The molecule has 0 unspecified atom stereocenters. The van der Waals surface area contributed by atoms with Crippen molar-refractivity contribution in [2.24, 2.45) is 0 Å². The number of hydrogen-bond donors (Lipinski definition) is 0. The second-order valence-electron chi connectivity index (χ2n) is 7.37. The third-order valence-corrected chi connectivity index (χ3v) is 5.71. The summed E-state index contributed by atoms with van der Waals surface area (Å²) in [4.78, 5) is 0. The summed E-state index contributed by atoms with van der Waals surface area (Å²) in [5.41, 5.74) is 6.60. The van der Waals surface area contributed by atoms with Crippen LogP contribution < -0.4 is 0 Å². The van der Waals surface area contributed by atoms with Crippen molar-refractivity contribution < 1.29 is 0 Å². The first-order valence-corrected chi connectivity index (χ1v) is 9.63. The quantitative estimate of drug-likeness (QED) is 0.703. The molecule has 0 atom stereocenters. The molecule has 0 N–H and O–H groups in total. The van der Waals surface area contributed by atoms with Crippen LogP contribution in [0, 0.1) is 13.8 Å². The van der Waals surface area contributed by atoms with Crippen molar-refractivity contribution in [1.82, 2.24) is 0 Å². The van der Waals surface area contributed by atoms with Crippen LogP contribution in [0.25, 0.3) is 0 Å². The van der Waals surface area contributed by atoms with E-state index >= 15 is 0 Å². The third kappa shape index (κ3) is 3.26. The molecule has 0 aliphatic heterocycles. The highest BCUT2D eigenvalue weighted by Gasteiger charge is 2.26. The van der Waals surface area contributed by atoms with E-state index in [0.717, 1.165) is 0 Å². The molecule has 0 heterocycles. The molecule has 0 saturated heterocycles. The molecule has 0 bridgehead atoms. The minimum atomic E-state index is 0.0913. The van der Waals surface area contributed by atoms with Gasteiger partial charge in [-0.2, -0.15) is 0 Å². The molecule has 18 heavy (non-hydrogen) atoms. The summed E-state index contributed by atoms with van der Waals surface area (Å²) in [6.07, 6.45) is 0. The van der Waals surface area contributed by atoms with Gasteiger partial charge in [0.25, 0.3) is 0 Å². The summed E-state index contributed by atoms with van der Waals surface area (Å²) in [6, 6.07) is 6.17. The Morgan fingerprint density at radius 1 is 0.944 bits per heavy atom. The molecule has 0 amide bonds. The molecule has 0 aliphatic carbocycles. The summed E-state index contributed by atoms with van der Waals surface area (Å²) in [6.45, 7) is 18.7. The molecule has 0 aromatic heterocycles. The Labute approximate surface area is 116 Å². The van der Waals surface area contributed by atoms with E-state index in [1.807, 2.05) is 0 Å². The largest absolute Gasteiger partial charge is 0.0748 e. The first-order valence-electron chi connectivity index (χ1n) is 7.22. The second-order valence-corrected chi connectivity index (χ2v) is 8.87. The second kappa shape index (κ2) is 5.20. The Balaban J connectivity index is 3.43. The maximum absolute atomic E-state index is 2.41. The zero-order valence-electron chi connectivity index (χ0n) is 13.6. The maximum Gasteiger partial charge on any atom is 0.0176 e. The first kappa shape index (κ1) is 15.5. The molecule has 1 aromatic rings. The lowest BCUT2D eigenvalue weighted by atomic mass is 9.76. The average molecular weight is 263 g/mol. The van der Waals surface area contributed by atoms with Crippen molar-refractivity contribution >= 4 is 9.52 Å². The molecule has 1 aromatic carbocycles. The lowest BCUT2D eigenvalue weighted by Gasteiger charge is -2.31. The molecule has 0 nitrogen and oxygen atoms in total. The van der Waals surface area contributed by atoms with Gasteiger partial charge in [0, 0.05) is 9.52 Å². The zero-order chi connectivity index (χ0) is 14.1. The van der Waals surface area contributed by atoms with Crippen LogP contribution in [0.3, 0.4) is 0 Å². The first-order chi connectivity index (χ1) is 8.09. The highest BCUT2D eigenvalue weighted by molar-refractivity contribution is 6.33. The topological polar surface area (TPSA) is 0 Å². The van der Waals surface area contributed by atoms with Gasteiger partial charge in [-0.1, -0.05) is 64.9 Å². The Hall–Kier alpha value is -0.563. The molecule has 0 saturated carbocycles.